The zero-order chi connectivity index (χ0) is 18.6. The van der Waals surface area contributed by atoms with Crippen molar-refractivity contribution in [3.63, 3.8) is 0 Å². The Bertz CT molecular complexity index is 695. The molecule has 0 aliphatic carbocycles. The average Bonchev–Trinajstić information content (AvgIpc) is 2.74. The number of benzene rings is 1. The maximum atomic E-state index is 12.5. The van der Waals surface area contributed by atoms with Crippen LogP contribution in [0.15, 0.2) is 24.3 Å². The van der Waals surface area contributed by atoms with E-state index in [1.54, 1.807) is 18.7 Å². The van der Waals surface area contributed by atoms with Gasteiger partial charge < -0.3 is 15.1 Å². The minimum atomic E-state index is -0.895. The number of para-hydroxylation sites is 2. The zero-order valence-corrected chi connectivity index (χ0v) is 15.4. The van der Waals surface area contributed by atoms with Gasteiger partial charge in [0, 0.05) is 20.0 Å². The van der Waals surface area contributed by atoms with Crippen LogP contribution in [-0.4, -0.2) is 37.0 Å². The monoisotopic (exact) mass is 342 g/mol. The first-order chi connectivity index (χ1) is 11.8. The second-order valence-electron chi connectivity index (χ2n) is 6.95. The highest BCUT2D eigenvalue weighted by atomic mass is 16.2. The third-order valence-corrected chi connectivity index (χ3v) is 4.82. The Hall–Kier alpha value is -2.55. The summed E-state index contributed by atoms with van der Waals surface area (Å²) < 4.78 is 0. The Morgan fingerprint density at radius 3 is 2.48 bits per heavy atom. The summed E-state index contributed by atoms with van der Waals surface area (Å²) in [7, 11) is 0. The lowest BCUT2D eigenvalue weighted by Gasteiger charge is -2.30. The molecular formula is C19H26N4O2. The number of nitrogens with zero attached hydrogens (tertiary/aromatic N) is 3. The Morgan fingerprint density at radius 1 is 1.28 bits per heavy atom. The van der Waals surface area contributed by atoms with Crippen molar-refractivity contribution in [2.75, 3.05) is 29.4 Å². The molecule has 0 bridgehead atoms. The van der Waals surface area contributed by atoms with E-state index in [2.05, 4.69) is 11.4 Å². The fourth-order valence-corrected chi connectivity index (χ4v) is 2.92. The smallest absolute Gasteiger partial charge is 0.240 e. The molecule has 1 aromatic carbocycles. The van der Waals surface area contributed by atoms with Gasteiger partial charge in [-0.05, 0) is 31.4 Å². The Balaban J connectivity index is 2.22. The van der Waals surface area contributed by atoms with Crippen molar-refractivity contribution in [3.05, 3.63) is 24.3 Å². The van der Waals surface area contributed by atoms with Crippen LogP contribution in [-0.2, 0) is 9.59 Å². The van der Waals surface area contributed by atoms with E-state index in [0.717, 1.165) is 17.8 Å². The van der Waals surface area contributed by atoms with Crippen molar-refractivity contribution in [1.29, 1.82) is 5.26 Å². The lowest BCUT2D eigenvalue weighted by molar-refractivity contribution is -0.121. The van der Waals surface area contributed by atoms with Gasteiger partial charge in [-0.1, -0.05) is 26.0 Å². The van der Waals surface area contributed by atoms with E-state index in [1.165, 1.54) is 0 Å². The largest absolute Gasteiger partial charge is 0.360 e. The number of nitrogens with one attached hydrogen (secondary N) is 1. The molecule has 0 saturated heterocycles. The van der Waals surface area contributed by atoms with Crippen molar-refractivity contribution in [2.45, 2.75) is 39.7 Å². The third-order valence-electron chi connectivity index (χ3n) is 4.82. The molecule has 1 aliphatic rings. The lowest BCUT2D eigenvalue weighted by Crippen LogP contribution is -2.52. The van der Waals surface area contributed by atoms with Crippen molar-refractivity contribution < 1.29 is 9.59 Å². The van der Waals surface area contributed by atoms with Crippen molar-refractivity contribution in [3.8, 4) is 6.07 Å². The van der Waals surface area contributed by atoms with E-state index >= 15 is 0 Å². The van der Waals surface area contributed by atoms with Crippen LogP contribution in [0.25, 0.3) is 0 Å². The van der Waals surface area contributed by atoms with Crippen molar-refractivity contribution in [2.24, 2.45) is 5.92 Å². The highest BCUT2D eigenvalue weighted by Crippen LogP contribution is 2.32. The number of fused-ring (bicyclic) bond motifs is 1. The Kier molecular flexibility index (Phi) is 5.68. The summed E-state index contributed by atoms with van der Waals surface area (Å²) in [6.45, 7) is 8.59. The summed E-state index contributed by atoms with van der Waals surface area (Å²) in [5.41, 5.74) is 0.800. The van der Waals surface area contributed by atoms with Crippen LogP contribution in [0.3, 0.4) is 0 Å². The highest BCUT2D eigenvalue weighted by Gasteiger charge is 2.31. The molecule has 1 N–H and O–H groups in total. The van der Waals surface area contributed by atoms with Crippen LogP contribution in [0, 0.1) is 17.2 Å². The Labute approximate surface area is 149 Å². The first kappa shape index (κ1) is 18.8. The zero-order valence-electron chi connectivity index (χ0n) is 15.4. The van der Waals surface area contributed by atoms with E-state index in [1.807, 2.05) is 43.0 Å². The molecule has 1 aliphatic heterocycles. The Morgan fingerprint density at radius 2 is 1.92 bits per heavy atom. The summed E-state index contributed by atoms with van der Waals surface area (Å²) >= 11 is 0. The highest BCUT2D eigenvalue weighted by molar-refractivity contribution is 5.96. The van der Waals surface area contributed by atoms with Crippen LogP contribution in [0.4, 0.5) is 11.4 Å². The molecule has 0 unspecified atom stereocenters. The summed E-state index contributed by atoms with van der Waals surface area (Å²) in [5, 5.41) is 12.2. The first-order valence-electron chi connectivity index (χ1n) is 8.63. The number of nitriles is 1. The molecule has 0 spiro atoms. The normalized spacial score (nSPS) is 16.5. The van der Waals surface area contributed by atoms with E-state index in [4.69, 9.17) is 0 Å². The van der Waals surface area contributed by atoms with Gasteiger partial charge in [0.15, 0.2) is 0 Å². The summed E-state index contributed by atoms with van der Waals surface area (Å²) in [6.07, 6.45) is 0.779. The van der Waals surface area contributed by atoms with E-state index in [0.29, 0.717) is 13.1 Å². The van der Waals surface area contributed by atoms with Crippen molar-refractivity contribution in [1.82, 2.24) is 5.32 Å². The van der Waals surface area contributed by atoms with E-state index in [9.17, 15) is 14.9 Å². The fraction of sp³-hybridized carbons (Fsp3) is 0.526. The minimum Gasteiger partial charge on any atom is -0.360 e. The molecule has 2 rings (SSSR count). The molecule has 0 radical (unpaired) electrons. The number of hydrogen-bond acceptors (Lipinski definition) is 4. The predicted octanol–water partition coefficient (Wildman–Crippen LogP) is 2.30. The molecule has 2 amide bonds. The molecule has 0 fully saturated rings. The summed E-state index contributed by atoms with van der Waals surface area (Å²) in [4.78, 5) is 28.2. The molecule has 0 saturated carbocycles. The number of carbonyl (C=O) groups excluding carboxylic acids is 2. The van der Waals surface area contributed by atoms with Gasteiger partial charge in [-0.2, -0.15) is 5.26 Å². The van der Waals surface area contributed by atoms with Crippen LogP contribution >= 0.6 is 0 Å². The van der Waals surface area contributed by atoms with E-state index in [-0.39, 0.29) is 24.3 Å². The van der Waals surface area contributed by atoms with Crippen LogP contribution in [0.5, 0.6) is 0 Å². The SMILES string of the molecule is CC(=O)N1CCCN(CC(=O)N[C@@](C)(C#N)C(C)C)c2ccccc21. The molecule has 134 valence electrons. The molecular weight excluding hydrogens is 316 g/mol. The first-order valence-corrected chi connectivity index (χ1v) is 8.63. The quantitative estimate of drug-likeness (QED) is 0.911. The minimum absolute atomic E-state index is 0.00406. The number of carbonyl (C=O) groups is 2. The third kappa shape index (κ3) is 4.11. The lowest BCUT2D eigenvalue weighted by atomic mass is 9.90. The van der Waals surface area contributed by atoms with Gasteiger partial charge >= 0.3 is 0 Å². The molecule has 6 nitrogen and oxygen atoms in total. The maximum Gasteiger partial charge on any atom is 0.240 e. The second kappa shape index (κ2) is 7.56. The molecule has 1 atom stereocenters. The predicted molar refractivity (Wildman–Crippen MR) is 98.3 cm³/mol. The van der Waals surface area contributed by atoms with Crippen LogP contribution in [0.2, 0.25) is 0 Å². The molecule has 0 aromatic heterocycles. The number of hydrogen-bond donors (Lipinski definition) is 1. The van der Waals surface area contributed by atoms with Crippen LogP contribution in [0.1, 0.15) is 34.1 Å². The molecule has 6 heteroatoms. The number of amides is 2. The van der Waals surface area contributed by atoms with Gasteiger partial charge in [0.1, 0.15) is 5.54 Å². The standard InChI is InChI=1S/C19H26N4O2/c1-14(2)19(4,13-20)21-18(25)12-22-10-7-11-23(15(3)24)17-9-6-5-8-16(17)22/h5-6,8-9,14H,7,10-12H2,1-4H3,(H,21,25)/t19-/m0/s1. The van der Waals surface area contributed by atoms with Gasteiger partial charge in [-0.25, -0.2) is 0 Å². The van der Waals surface area contributed by atoms with Gasteiger partial charge in [-0.3, -0.25) is 9.59 Å². The number of rotatable bonds is 4. The second-order valence-corrected chi connectivity index (χ2v) is 6.95. The van der Waals surface area contributed by atoms with Gasteiger partial charge in [0.2, 0.25) is 11.8 Å². The van der Waals surface area contributed by atoms with Gasteiger partial charge in [0.25, 0.3) is 0 Å². The summed E-state index contributed by atoms with van der Waals surface area (Å²) in [5.74, 6) is -0.189. The fourth-order valence-electron chi connectivity index (χ4n) is 2.92. The summed E-state index contributed by atoms with van der Waals surface area (Å²) in [6, 6.07) is 9.82. The van der Waals surface area contributed by atoms with E-state index < -0.39 is 5.54 Å². The number of anilines is 2. The molecule has 1 aromatic rings. The topological polar surface area (TPSA) is 76.4 Å². The average molecular weight is 342 g/mol. The van der Waals surface area contributed by atoms with Crippen molar-refractivity contribution >= 4 is 23.2 Å². The molecule has 25 heavy (non-hydrogen) atoms. The molecule has 1 heterocycles. The van der Waals surface area contributed by atoms with Crippen LogP contribution < -0.4 is 15.1 Å². The van der Waals surface area contributed by atoms with Gasteiger partial charge in [-0.15, -0.1) is 0 Å². The van der Waals surface area contributed by atoms with Gasteiger partial charge in [0.05, 0.1) is 24.0 Å². The maximum absolute atomic E-state index is 12.5.